The third-order valence-electron chi connectivity index (χ3n) is 5.54. The van der Waals surface area contributed by atoms with E-state index in [0.717, 1.165) is 25.7 Å². The van der Waals surface area contributed by atoms with Gasteiger partial charge >= 0.3 is 0 Å². The minimum absolute atomic E-state index is 0.0715. The summed E-state index contributed by atoms with van der Waals surface area (Å²) in [5, 5.41) is 23.4. The second kappa shape index (κ2) is 9.29. The largest absolute Gasteiger partial charge is 0.395 e. The van der Waals surface area contributed by atoms with Gasteiger partial charge < -0.3 is 15.7 Å². The van der Waals surface area contributed by atoms with Gasteiger partial charge in [-0.25, -0.2) is 4.68 Å². The maximum absolute atomic E-state index is 11.9. The molecule has 3 rings (SSSR count). The fourth-order valence-corrected chi connectivity index (χ4v) is 4.11. The van der Waals surface area contributed by atoms with Crippen molar-refractivity contribution in [3.8, 4) is 0 Å². The number of aliphatic hydroxyl groups is 1. The molecule has 25 heavy (non-hydrogen) atoms. The summed E-state index contributed by atoms with van der Waals surface area (Å²) < 4.78 is 1.84. The number of hydrogen-bond acceptors (Lipinski definition) is 5. The van der Waals surface area contributed by atoms with Gasteiger partial charge in [0, 0.05) is 18.6 Å². The van der Waals surface area contributed by atoms with E-state index in [4.69, 9.17) is 5.11 Å². The summed E-state index contributed by atoms with van der Waals surface area (Å²) in [6.07, 6.45) is 14.4. The van der Waals surface area contributed by atoms with Crippen LogP contribution in [0.3, 0.4) is 0 Å². The first kappa shape index (κ1) is 18.3. The third kappa shape index (κ3) is 5.25. The first-order chi connectivity index (χ1) is 12.3. The summed E-state index contributed by atoms with van der Waals surface area (Å²) in [6, 6.07) is 1.66. The molecule has 0 spiro atoms. The molecule has 2 fully saturated rings. The molecular formula is C18H31N5O2. The molecule has 2 saturated carbocycles. The summed E-state index contributed by atoms with van der Waals surface area (Å²) in [5.41, 5.74) is 0.326. The van der Waals surface area contributed by atoms with Gasteiger partial charge in [0.15, 0.2) is 5.69 Å². The molecule has 7 heteroatoms. The summed E-state index contributed by atoms with van der Waals surface area (Å²) in [4.78, 5) is 11.9. The van der Waals surface area contributed by atoms with Crippen LogP contribution in [0, 0.1) is 0 Å². The second-order valence-corrected chi connectivity index (χ2v) is 7.42. The van der Waals surface area contributed by atoms with Crippen LogP contribution in [0.25, 0.3) is 0 Å². The summed E-state index contributed by atoms with van der Waals surface area (Å²) in [5.74, 6) is -0.274. The number of rotatable bonds is 6. The van der Waals surface area contributed by atoms with E-state index < -0.39 is 0 Å². The van der Waals surface area contributed by atoms with Gasteiger partial charge in [-0.05, 0) is 38.5 Å². The van der Waals surface area contributed by atoms with E-state index in [-0.39, 0.29) is 19.1 Å². The molecule has 2 aliphatic carbocycles. The van der Waals surface area contributed by atoms with Crippen LogP contribution in [0.15, 0.2) is 6.20 Å². The predicted molar refractivity (Wildman–Crippen MR) is 95.4 cm³/mol. The zero-order valence-electron chi connectivity index (χ0n) is 15.0. The molecule has 0 bridgehead atoms. The molecule has 0 unspecified atom stereocenters. The van der Waals surface area contributed by atoms with Gasteiger partial charge in [-0.2, -0.15) is 0 Å². The molecule has 0 aromatic carbocycles. The van der Waals surface area contributed by atoms with Crippen LogP contribution in [-0.4, -0.2) is 51.2 Å². The average molecular weight is 349 g/mol. The number of amides is 1. The highest BCUT2D eigenvalue weighted by atomic mass is 16.3. The Hall–Kier alpha value is -1.47. The van der Waals surface area contributed by atoms with Crippen molar-refractivity contribution in [2.45, 2.75) is 82.3 Å². The lowest BCUT2D eigenvalue weighted by Gasteiger charge is -2.32. The number of aliphatic hydroxyl groups excluding tert-OH is 1. The lowest BCUT2D eigenvalue weighted by molar-refractivity contribution is 0.0939. The van der Waals surface area contributed by atoms with Crippen LogP contribution in [-0.2, 0) is 0 Å². The summed E-state index contributed by atoms with van der Waals surface area (Å²) in [7, 11) is 0. The number of hydrogen-bond donors (Lipinski definition) is 3. The van der Waals surface area contributed by atoms with Gasteiger partial charge in [-0.15, -0.1) is 5.10 Å². The van der Waals surface area contributed by atoms with Gasteiger partial charge in [0.1, 0.15) is 0 Å². The fourth-order valence-electron chi connectivity index (χ4n) is 4.11. The zero-order valence-corrected chi connectivity index (χ0v) is 15.0. The van der Waals surface area contributed by atoms with E-state index in [0.29, 0.717) is 23.8 Å². The number of carbonyl (C=O) groups is 1. The number of carbonyl (C=O) groups excluding carboxylic acids is 1. The molecule has 3 N–H and O–H groups in total. The van der Waals surface area contributed by atoms with Crippen molar-refractivity contribution in [1.82, 2.24) is 25.6 Å². The predicted octanol–water partition coefficient (Wildman–Crippen LogP) is 1.80. The van der Waals surface area contributed by atoms with Gasteiger partial charge in [-0.3, -0.25) is 4.79 Å². The molecule has 1 heterocycles. The molecule has 0 saturated heterocycles. The van der Waals surface area contributed by atoms with E-state index in [1.165, 1.54) is 38.5 Å². The van der Waals surface area contributed by atoms with E-state index in [1.807, 2.05) is 4.68 Å². The van der Waals surface area contributed by atoms with E-state index in [2.05, 4.69) is 20.9 Å². The Morgan fingerprint density at radius 3 is 2.44 bits per heavy atom. The van der Waals surface area contributed by atoms with Crippen molar-refractivity contribution in [1.29, 1.82) is 0 Å². The highest BCUT2D eigenvalue weighted by molar-refractivity contribution is 5.91. The van der Waals surface area contributed by atoms with E-state index >= 15 is 0 Å². The standard InChI is InChI=1S/C18H31N5O2/c24-12-11-19-18(25)17-13-23(22-21-17)16-9-7-15(8-10-16)20-14-5-3-1-2-4-6-14/h13-16,20,24H,1-12H2,(H,19,25). The van der Waals surface area contributed by atoms with Gasteiger partial charge in [0.2, 0.25) is 0 Å². The Bertz CT molecular complexity index is 531. The minimum atomic E-state index is -0.274. The van der Waals surface area contributed by atoms with Crippen LogP contribution >= 0.6 is 0 Å². The molecular weight excluding hydrogens is 318 g/mol. The van der Waals surface area contributed by atoms with Crippen LogP contribution in [0.4, 0.5) is 0 Å². The molecule has 1 aromatic rings. The number of nitrogens with one attached hydrogen (secondary N) is 2. The monoisotopic (exact) mass is 349 g/mol. The topological polar surface area (TPSA) is 92.1 Å². The molecule has 0 aliphatic heterocycles. The van der Waals surface area contributed by atoms with Crippen LogP contribution in [0.1, 0.15) is 80.7 Å². The highest BCUT2D eigenvalue weighted by Crippen LogP contribution is 2.29. The summed E-state index contributed by atoms with van der Waals surface area (Å²) in [6.45, 7) is 0.168. The minimum Gasteiger partial charge on any atom is -0.395 e. The lowest BCUT2D eigenvalue weighted by Crippen LogP contribution is -2.40. The Labute approximate surface area is 149 Å². The third-order valence-corrected chi connectivity index (χ3v) is 5.54. The molecule has 7 nitrogen and oxygen atoms in total. The first-order valence-electron chi connectivity index (χ1n) is 9.83. The van der Waals surface area contributed by atoms with Gasteiger partial charge in [-0.1, -0.05) is 30.9 Å². The number of aromatic nitrogens is 3. The molecule has 140 valence electrons. The Morgan fingerprint density at radius 2 is 1.76 bits per heavy atom. The molecule has 1 amide bonds. The average Bonchev–Trinajstić information content (AvgIpc) is 2.99. The van der Waals surface area contributed by atoms with Crippen LogP contribution in [0.2, 0.25) is 0 Å². The van der Waals surface area contributed by atoms with Gasteiger partial charge in [0.05, 0.1) is 18.8 Å². The van der Waals surface area contributed by atoms with Crippen molar-refractivity contribution in [2.75, 3.05) is 13.2 Å². The lowest BCUT2D eigenvalue weighted by atomic mass is 9.90. The second-order valence-electron chi connectivity index (χ2n) is 7.42. The van der Waals surface area contributed by atoms with Gasteiger partial charge in [0.25, 0.3) is 5.91 Å². The first-order valence-corrected chi connectivity index (χ1v) is 9.83. The Morgan fingerprint density at radius 1 is 1.08 bits per heavy atom. The van der Waals surface area contributed by atoms with Crippen molar-refractivity contribution in [3.05, 3.63) is 11.9 Å². The molecule has 2 aliphatic rings. The van der Waals surface area contributed by atoms with Crippen molar-refractivity contribution in [2.24, 2.45) is 0 Å². The molecule has 1 aromatic heterocycles. The smallest absolute Gasteiger partial charge is 0.273 e. The Balaban J connectivity index is 1.45. The fraction of sp³-hybridized carbons (Fsp3) is 0.833. The molecule has 0 radical (unpaired) electrons. The maximum Gasteiger partial charge on any atom is 0.273 e. The SMILES string of the molecule is O=C(NCCO)c1cn(C2CCC(NC3CCCCCC3)CC2)nn1. The van der Waals surface area contributed by atoms with Crippen molar-refractivity contribution >= 4 is 5.91 Å². The van der Waals surface area contributed by atoms with E-state index in [9.17, 15) is 4.79 Å². The van der Waals surface area contributed by atoms with Crippen LogP contribution in [0.5, 0.6) is 0 Å². The normalized spacial score (nSPS) is 25.5. The quantitative estimate of drug-likeness (QED) is 0.681. The van der Waals surface area contributed by atoms with Crippen molar-refractivity contribution in [3.63, 3.8) is 0 Å². The van der Waals surface area contributed by atoms with Crippen LogP contribution < -0.4 is 10.6 Å². The zero-order chi connectivity index (χ0) is 17.5. The summed E-state index contributed by atoms with van der Waals surface area (Å²) >= 11 is 0. The van der Waals surface area contributed by atoms with E-state index in [1.54, 1.807) is 6.20 Å². The molecule has 0 atom stereocenters. The number of nitrogens with zero attached hydrogens (tertiary/aromatic N) is 3. The van der Waals surface area contributed by atoms with Crippen molar-refractivity contribution < 1.29 is 9.90 Å². The maximum atomic E-state index is 11.9. The highest BCUT2D eigenvalue weighted by Gasteiger charge is 2.25. The Kier molecular flexibility index (Phi) is 6.81.